The number of hydrogen-bond donors (Lipinski definition) is 2. The molecule has 136 valence electrons. The van der Waals surface area contributed by atoms with Gasteiger partial charge in [0.15, 0.2) is 5.96 Å². The van der Waals surface area contributed by atoms with Gasteiger partial charge in [-0.3, -0.25) is 4.99 Å². The van der Waals surface area contributed by atoms with Crippen LogP contribution in [0.25, 0.3) is 0 Å². The van der Waals surface area contributed by atoms with Gasteiger partial charge in [-0.2, -0.15) is 0 Å². The van der Waals surface area contributed by atoms with Gasteiger partial charge in [0.1, 0.15) is 5.75 Å². The van der Waals surface area contributed by atoms with Crippen molar-refractivity contribution in [1.82, 2.24) is 4.98 Å². The van der Waals surface area contributed by atoms with Crippen molar-refractivity contribution in [3.63, 3.8) is 0 Å². The van der Waals surface area contributed by atoms with E-state index in [1.54, 1.807) is 11.3 Å². The first-order valence-corrected chi connectivity index (χ1v) is 8.46. The van der Waals surface area contributed by atoms with Gasteiger partial charge in [-0.05, 0) is 37.6 Å². The lowest BCUT2D eigenvalue weighted by Crippen LogP contribution is -2.23. The SMILES string of the molecule is CCc1nc(CCN=C(N)Nc2ccc(OC(F)(F)F)cc2)sc1C. The van der Waals surface area contributed by atoms with Crippen LogP contribution in [0.2, 0.25) is 0 Å². The van der Waals surface area contributed by atoms with Crippen molar-refractivity contribution >= 4 is 23.0 Å². The monoisotopic (exact) mass is 372 g/mol. The number of ether oxygens (including phenoxy) is 1. The zero-order chi connectivity index (χ0) is 18.4. The predicted octanol–water partition coefficient (Wildman–Crippen LogP) is 3.88. The van der Waals surface area contributed by atoms with Gasteiger partial charge in [0.25, 0.3) is 0 Å². The second-order valence-corrected chi connectivity index (χ2v) is 6.47. The molecule has 0 aliphatic heterocycles. The van der Waals surface area contributed by atoms with Crippen LogP contribution in [0.5, 0.6) is 5.75 Å². The van der Waals surface area contributed by atoms with E-state index in [2.05, 4.69) is 27.0 Å². The number of nitrogens with two attached hydrogens (primary N) is 1. The molecule has 0 atom stereocenters. The highest BCUT2D eigenvalue weighted by Crippen LogP contribution is 2.24. The summed E-state index contributed by atoms with van der Waals surface area (Å²) in [6.45, 7) is 4.59. The quantitative estimate of drug-likeness (QED) is 0.596. The fourth-order valence-corrected chi connectivity index (χ4v) is 3.13. The molecule has 0 saturated carbocycles. The lowest BCUT2D eigenvalue weighted by molar-refractivity contribution is -0.274. The molecule has 0 spiro atoms. The summed E-state index contributed by atoms with van der Waals surface area (Å²) in [7, 11) is 0. The number of halogens is 3. The third-order valence-corrected chi connectivity index (χ3v) is 4.31. The maximum absolute atomic E-state index is 12.1. The number of alkyl halides is 3. The summed E-state index contributed by atoms with van der Waals surface area (Å²) in [5.74, 6) is -0.104. The van der Waals surface area contributed by atoms with Crippen molar-refractivity contribution < 1.29 is 17.9 Å². The number of hydrogen-bond acceptors (Lipinski definition) is 4. The summed E-state index contributed by atoms with van der Waals surface area (Å²) in [5, 5.41) is 3.83. The first-order chi connectivity index (χ1) is 11.8. The van der Waals surface area contributed by atoms with Gasteiger partial charge < -0.3 is 15.8 Å². The van der Waals surface area contributed by atoms with Crippen molar-refractivity contribution in [3.05, 3.63) is 39.8 Å². The molecule has 3 N–H and O–H groups in total. The molecule has 0 aliphatic rings. The van der Waals surface area contributed by atoms with Gasteiger partial charge in [-0.15, -0.1) is 24.5 Å². The summed E-state index contributed by atoms with van der Waals surface area (Å²) in [6.07, 6.45) is -3.11. The molecule has 1 aromatic heterocycles. The molecular formula is C16H19F3N4OS. The average Bonchev–Trinajstić information content (AvgIpc) is 2.88. The van der Waals surface area contributed by atoms with E-state index in [1.807, 2.05) is 6.92 Å². The summed E-state index contributed by atoms with van der Waals surface area (Å²) < 4.78 is 40.1. The first-order valence-electron chi connectivity index (χ1n) is 7.64. The number of aliphatic imine (C=N–C) groups is 1. The smallest absolute Gasteiger partial charge is 0.406 e. The summed E-state index contributed by atoms with van der Waals surface area (Å²) in [5.41, 5.74) is 7.41. The Morgan fingerprint density at radius 1 is 1.32 bits per heavy atom. The minimum atomic E-state index is -4.71. The van der Waals surface area contributed by atoms with Crippen LogP contribution in [0.15, 0.2) is 29.3 Å². The van der Waals surface area contributed by atoms with Crippen LogP contribution in [-0.2, 0) is 12.8 Å². The van der Waals surface area contributed by atoms with Crippen molar-refractivity contribution in [2.24, 2.45) is 10.7 Å². The highest BCUT2D eigenvalue weighted by atomic mass is 32.1. The van der Waals surface area contributed by atoms with E-state index in [0.717, 1.165) is 17.1 Å². The van der Waals surface area contributed by atoms with Crippen molar-refractivity contribution in [2.75, 3.05) is 11.9 Å². The molecule has 0 aliphatic carbocycles. The third-order valence-electron chi connectivity index (χ3n) is 3.24. The second-order valence-electron chi connectivity index (χ2n) is 5.18. The van der Waals surface area contributed by atoms with E-state index in [1.165, 1.54) is 29.1 Å². The number of guanidine groups is 1. The Kier molecular flexibility index (Phi) is 6.24. The molecular weight excluding hydrogens is 353 g/mol. The number of aryl methyl sites for hydroxylation is 2. The van der Waals surface area contributed by atoms with Crippen LogP contribution >= 0.6 is 11.3 Å². The largest absolute Gasteiger partial charge is 0.573 e. The topological polar surface area (TPSA) is 72.5 Å². The zero-order valence-electron chi connectivity index (χ0n) is 13.9. The standard InChI is InChI=1S/C16H19F3N4OS/c1-3-13-10(2)25-14(23-13)8-9-21-15(20)22-11-4-6-12(7-5-11)24-16(17,18)19/h4-7H,3,8-9H2,1-2H3,(H3,20,21,22). The molecule has 0 amide bonds. The number of anilines is 1. The Bertz CT molecular complexity index is 726. The van der Waals surface area contributed by atoms with Crippen LogP contribution in [0.3, 0.4) is 0 Å². The summed E-state index contributed by atoms with van der Waals surface area (Å²) in [4.78, 5) is 9.95. The lowest BCUT2D eigenvalue weighted by Gasteiger charge is -2.10. The molecule has 1 aromatic carbocycles. The second kappa shape index (κ2) is 8.19. The Hall–Kier alpha value is -2.29. The van der Waals surface area contributed by atoms with E-state index in [0.29, 0.717) is 18.7 Å². The molecule has 0 bridgehead atoms. The van der Waals surface area contributed by atoms with E-state index in [-0.39, 0.29) is 11.7 Å². The Morgan fingerprint density at radius 3 is 2.56 bits per heavy atom. The van der Waals surface area contributed by atoms with Gasteiger partial charge >= 0.3 is 6.36 Å². The van der Waals surface area contributed by atoms with Gasteiger partial charge in [0.05, 0.1) is 10.7 Å². The lowest BCUT2D eigenvalue weighted by atomic mass is 10.3. The number of rotatable bonds is 6. The van der Waals surface area contributed by atoms with Crippen molar-refractivity contribution in [1.29, 1.82) is 0 Å². The molecule has 0 fully saturated rings. The van der Waals surface area contributed by atoms with Crippen molar-refractivity contribution in [3.8, 4) is 5.75 Å². The Morgan fingerprint density at radius 2 is 2.00 bits per heavy atom. The number of aromatic nitrogens is 1. The summed E-state index contributed by atoms with van der Waals surface area (Å²) >= 11 is 1.65. The molecule has 0 radical (unpaired) electrons. The zero-order valence-corrected chi connectivity index (χ0v) is 14.7. The van der Waals surface area contributed by atoms with Gasteiger partial charge in [-0.1, -0.05) is 6.92 Å². The molecule has 2 rings (SSSR count). The average molecular weight is 372 g/mol. The maximum atomic E-state index is 12.1. The van der Waals surface area contributed by atoms with Crippen LogP contribution in [0, 0.1) is 6.92 Å². The Balaban J connectivity index is 1.86. The Labute approximate surface area is 147 Å². The van der Waals surface area contributed by atoms with Gasteiger partial charge in [0, 0.05) is 23.5 Å². The fraction of sp³-hybridized carbons (Fsp3) is 0.375. The normalized spacial score (nSPS) is 12.3. The number of nitrogens with one attached hydrogen (secondary N) is 1. The van der Waals surface area contributed by atoms with E-state index in [4.69, 9.17) is 5.73 Å². The number of thiazole rings is 1. The van der Waals surface area contributed by atoms with Crippen LogP contribution in [0.4, 0.5) is 18.9 Å². The number of nitrogens with zero attached hydrogens (tertiary/aromatic N) is 2. The first kappa shape index (κ1) is 19.0. The highest BCUT2D eigenvalue weighted by molar-refractivity contribution is 7.11. The highest BCUT2D eigenvalue weighted by Gasteiger charge is 2.30. The fourth-order valence-electron chi connectivity index (χ4n) is 2.12. The number of benzene rings is 1. The van der Waals surface area contributed by atoms with Crippen LogP contribution in [-0.4, -0.2) is 23.9 Å². The molecule has 25 heavy (non-hydrogen) atoms. The summed E-state index contributed by atoms with van der Waals surface area (Å²) in [6, 6.07) is 5.27. The minimum Gasteiger partial charge on any atom is -0.406 e. The molecule has 9 heteroatoms. The molecule has 5 nitrogen and oxygen atoms in total. The van der Waals surface area contributed by atoms with Crippen LogP contribution < -0.4 is 15.8 Å². The minimum absolute atomic E-state index is 0.188. The van der Waals surface area contributed by atoms with Crippen molar-refractivity contribution in [2.45, 2.75) is 33.1 Å². The van der Waals surface area contributed by atoms with Gasteiger partial charge in [-0.25, -0.2) is 4.98 Å². The molecule has 2 aromatic rings. The third kappa shape index (κ3) is 6.26. The van der Waals surface area contributed by atoms with E-state index in [9.17, 15) is 13.2 Å². The predicted molar refractivity (Wildman–Crippen MR) is 93.2 cm³/mol. The molecule has 1 heterocycles. The van der Waals surface area contributed by atoms with E-state index >= 15 is 0 Å². The van der Waals surface area contributed by atoms with E-state index < -0.39 is 6.36 Å². The van der Waals surface area contributed by atoms with Crippen LogP contribution in [0.1, 0.15) is 22.5 Å². The maximum Gasteiger partial charge on any atom is 0.573 e. The molecule has 0 unspecified atom stereocenters. The molecule has 0 saturated heterocycles. The van der Waals surface area contributed by atoms with Gasteiger partial charge in [0.2, 0.25) is 0 Å².